The number of hydrogen-bond donors (Lipinski definition) is 1. The van der Waals surface area contributed by atoms with Crippen LogP contribution < -0.4 is 4.72 Å². The van der Waals surface area contributed by atoms with E-state index in [0.717, 1.165) is 5.56 Å². The lowest BCUT2D eigenvalue weighted by molar-refractivity contribution is 0.580. The maximum atomic E-state index is 12.7. The van der Waals surface area contributed by atoms with E-state index in [9.17, 15) is 12.8 Å². The van der Waals surface area contributed by atoms with Gasteiger partial charge >= 0.3 is 0 Å². The van der Waals surface area contributed by atoms with Crippen molar-refractivity contribution >= 4 is 10.0 Å². The zero-order chi connectivity index (χ0) is 13.7. The third-order valence-electron chi connectivity index (χ3n) is 2.61. The highest BCUT2D eigenvalue weighted by Crippen LogP contribution is 2.07. The molecule has 0 radical (unpaired) electrons. The summed E-state index contributed by atoms with van der Waals surface area (Å²) < 4.78 is 38.9. The molecule has 0 aromatic heterocycles. The molecule has 3 nitrogen and oxygen atoms in total. The van der Waals surface area contributed by atoms with Gasteiger partial charge in [0.25, 0.3) is 0 Å². The topological polar surface area (TPSA) is 46.2 Å². The average molecular weight is 279 g/mol. The zero-order valence-corrected chi connectivity index (χ0v) is 11.0. The Balaban J connectivity index is 1.97. The molecule has 0 spiro atoms. The van der Waals surface area contributed by atoms with Crippen LogP contribution in [0.5, 0.6) is 0 Å². The van der Waals surface area contributed by atoms with E-state index in [0.29, 0.717) is 5.56 Å². The second kappa shape index (κ2) is 5.95. The van der Waals surface area contributed by atoms with Crippen molar-refractivity contribution in [2.24, 2.45) is 0 Å². The fraction of sp³-hybridized carbons (Fsp3) is 0.143. The lowest BCUT2D eigenvalue weighted by Crippen LogP contribution is -2.24. The monoisotopic (exact) mass is 279 g/mol. The molecular formula is C14H14FNO2S. The van der Waals surface area contributed by atoms with Crippen LogP contribution in [-0.4, -0.2) is 8.42 Å². The van der Waals surface area contributed by atoms with Gasteiger partial charge in [-0.15, -0.1) is 0 Å². The first kappa shape index (κ1) is 13.7. The van der Waals surface area contributed by atoms with Gasteiger partial charge in [0.05, 0.1) is 5.75 Å². The number of benzene rings is 2. The molecule has 2 rings (SSSR count). The van der Waals surface area contributed by atoms with Gasteiger partial charge in [0, 0.05) is 6.54 Å². The van der Waals surface area contributed by atoms with Gasteiger partial charge in [0.1, 0.15) is 5.82 Å². The molecule has 0 amide bonds. The van der Waals surface area contributed by atoms with Gasteiger partial charge in [-0.2, -0.15) is 0 Å². The average Bonchev–Trinajstić information content (AvgIpc) is 2.40. The molecule has 0 heterocycles. The van der Waals surface area contributed by atoms with Crippen LogP contribution in [0.1, 0.15) is 11.1 Å². The fourth-order valence-electron chi connectivity index (χ4n) is 1.64. The van der Waals surface area contributed by atoms with Gasteiger partial charge < -0.3 is 0 Å². The molecular weight excluding hydrogens is 265 g/mol. The highest BCUT2D eigenvalue weighted by Gasteiger charge is 2.11. The Labute approximate surface area is 112 Å². The van der Waals surface area contributed by atoms with Gasteiger partial charge in [-0.05, 0) is 23.3 Å². The van der Waals surface area contributed by atoms with Gasteiger partial charge in [-0.1, -0.05) is 42.5 Å². The maximum Gasteiger partial charge on any atom is 0.216 e. The Hall–Kier alpha value is -1.72. The normalized spacial score (nSPS) is 11.4. The number of rotatable bonds is 5. The molecule has 0 fully saturated rings. The van der Waals surface area contributed by atoms with Crippen LogP contribution in [0.2, 0.25) is 0 Å². The Morgan fingerprint density at radius 3 is 2.16 bits per heavy atom. The van der Waals surface area contributed by atoms with Crippen molar-refractivity contribution in [3.63, 3.8) is 0 Å². The van der Waals surface area contributed by atoms with E-state index in [4.69, 9.17) is 0 Å². The summed E-state index contributed by atoms with van der Waals surface area (Å²) in [7, 11) is -3.42. The number of hydrogen-bond acceptors (Lipinski definition) is 2. The number of sulfonamides is 1. The van der Waals surface area contributed by atoms with E-state index >= 15 is 0 Å². The van der Waals surface area contributed by atoms with Crippen molar-refractivity contribution in [2.45, 2.75) is 12.3 Å². The van der Waals surface area contributed by atoms with Gasteiger partial charge in [-0.3, -0.25) is 0 Å². The molecule has 0 saturated carbocycles. The second-order valence-corrected chi connectivity index (χ2v) is 6.00. The number of halogens is 1. The SMILES string of the molecule is O=S(=O)(Cc1ccc(F)cc1)NCc1ccccc1. The summed E-state index contributed by atoms with van der Waals surface area (Å²) in [5, 5.41) is 0. The molecule has 2 aromatic rings. The van der Waals surface area contributed by atoms with E-state index < -0.39 is 10.0 Å². The molecule has 0 atom stereocenters. The van der Waals surface area contributed by atoms with Gasteiger partial charge in [-0.25, -0.2) is 17.5 Å². The number of nitrogens with one attached hydrogen (secondary N) is 1. The molecule has 0 unspecified atom stereocenters. The highest BCUT2D eigenvalue weighted by atomic mass is 32.2. The predicted molar refractivity (Wildman–Crippen MR) is 72.3 cm³/mol. The molecule has 0 bridgehead atoms. The first-order chi connectivity index (χ1) is 9.05. The van der Waals surface area contributed by atoms with E-state index in [1.165, 1.54) is 24.3 Å². The quantitative estimate of drug-likeness (QED) is 0.913. The lowest BCUT2D eigenvalue weighted by Gasteiger charge is -2.07. The summed E-state index contributed by atoms with van der Waals surface area (Å²) in [5.74, 6) is -0.529. The summed E-state index contributed by atoms with van der Waals surface area (Å²) in [5.41, 5.74) is 1.45. The van der Waals surface area contributed by atoms with Crippen molar-refractivity contribution in [3.8, 4) is 0 Å². The molecule has 5 heteroatoms. The molecule has 100 valence electrons. The Kier molecular flexibility index (Phi) is 4.29. The van der Waals surface area contributed by atoms with Crippen LogP contribution in [0.3, 0.4) is 0 Å². The first-order valence-electron chi connectivity index (χ1n) is 5.81. The highest BCUT2D eigenvalue weighted by molar-refractivity contribution is 7.88. The van der Waals surface area contributed by atoms with Crippen LogP contribution in [0, 0.1) is 5.82 Å². The minimum Gasteiger partial charge on any atom is -0.212 e. The van der Waals surface area contributed by atoms with Crippen LogP contribution >= 0.6 is 0 Å². The van der Waals surface area contributed by atoms with E-state index in [2.05, 4.69) is 4.72 Å². The zero-order valence-electron chi connectivity index (χ0n) is 10.2. The second-order valence-electron chi connectivity index (χ2n) is 4.19. The standard InChI is InChI=1S/C14H14FNO2S/c15-14-8-6-13(7-9-14)11-19(17,18)16-10-12-4-2-1-3-5-12/h1-9,16H,10-11H2. The van der Waals surface area contributed by atoms with Crippen molar-refractivity contribution in [3.05, 3.63) is 71.5 Å². The Morgan fingerprint density at radius 2 is 1.53 bits per heavy atom. The molecule has 0 aliphatic heterocycles. The predicted octanol–water partition coefficient (Wildman–Crippen LogP) is 2.45. The molecule has 1 N–H and O–H groups in total. The maximum absolute atomic E-state index is 12.7. The first-order valence-corrected chi connectivity index (χ1v) is 7.46. The molecule has 2 aromatic carbocycles. The molecule has 19 heavy (non-hydrogen) atoms. The fourth-order valence-corrected chi connectivity index (χ4v) is 2.76. The minimum atomic E-state index is -3.42. The van der Waals surface area contributed by atoms with Crippen LogP contribution in [0.25, 0.3) is 0 Å². The summed E-state index contributed by atoms with van der Waals surface area (Å²) in [4.78, 5) is 0. The van der Waals surface area contributed by atoms with E-state index in [1.807, 2.05) is 30.3 Å². The van der Waals surface area contributed by atoms with Gasteiger partial charge in [0.15, 0.2) is 0 Å². The van der Waals surface area contributed by atoms with Crippen LogP contribution in [0.4, 0.5) is 4.39 Å². The summed E-state index contributed by atoms with van der Waals surface area (Å²) in [6.07, 6.45) is 0. The van der Waals surface area contributed by atoms with Crippen LogP contribution in [-0.2, 0) is 22.3 Å². The third kappa shape index (κ3) is 4.46. The lowest BCUT2D eigenvalue weighted by atomic mass is 10.2. The van der Waals surface area contributed by atoms with Crippen LogP contribution in [0.15, 0.2) is 54.6 Å². The Morgan fingerprint density at radius 1 is 0.895 bits per heavy atom. The minimum absolute atomic E-state index is 0.153. The van der Waals surface area contributed by atoms with Crippen molar-refractivity contribution in [2.75, 3.05) is 0 Å². The smallest absolute Gasteiger partial charge is 0.212 e. The van der Waals surface area contributed by atoms with E-state index in [-0.39, 0.29) is 18.1 Å². The molecule has 0 aliphatic rings. The summed E-state index contributed by atoms with van der Waals surface area (Å²) >= 11 is 0. The largest absolute Gasteiger partial charge is 0.216 e. The summed E-state index contributed by atoms with van der Waals surface area (Å²) in [6, 6.07) is 14.7. The molecule has 0 aliphatic carbocycles. The van der Waals surface area contributed by atoms with Crippen molar-refractivity contribution < 1.29 is 12.8 Å². The van der Waals surface area contributed by atoms with Gasteiger partial charge in [0.2, 0.25) is 10.0 Å². The molecule has 0 saturated heterocycles. The third-order valence-corrected chi connectivity index (χ3v) is 3.91. The van der Waals surface area contributed by atoms with E-state index in [1.54, 1.807) is 0 Å². The van der Waals surface area contributed by atoms with Crippen molar-refractivity contribution in [1.82, 2.24) is 4.72 Å². The summed E-state index contributed by atoms with van der Waals surface area (Å²) in [6.45, 7) is 0.254. The Bertz CT molecular complexity index is 624. The van der Waals surface area contributed by atoms with Crippen molar-refractivity contribution in [1.29, 1.82) is 0 Å².